The predicted molar refractivity (Wildman–Crippen MR) is 81.1 cm³/mol. The summed E-state index contributed by atoms with van der Waals surface area (Å²) in [5.74, 6) is -0.214. The first-order chi connectivity index (χ1) is 9.10. The van der Waals surface area contributed by atoms with Crippen LogP contribution in [0.3, 0.4) is 0 Å². The molecule has 2 aromatic rings. The molecule has 1 N–H and O–H groups in total. The summed E-state index contributed by atoms with van der Waals surface area (Å²) in [6.07, 6.45) is 0.774. The van der Waals surface area contributed by atoms with Crippen LogP contribution in [0.15, 0.2) is 46.9 Å². The summed E-state index contributed by atoms with van der Waals surface area (Å²) in [6.45, 7) is 0. The molecule has 2 rings (SSSR count). The minimum Gasteiger partial charge on any atom is -0.313 e. The zero-order chi connectivity index (χ0) is 13.8. The van der Waals surface area contributed by atoms with Gasteiger partial charge in [-0.15, -0.1) is 0 Å². The van der Waals surface area contributed by atoms with Gasteiger partial charge < -0.3 is 5.32 Å². The van der Waals surface area contributed by atoms with E-state index < -0.39 is 0 Å². The first kappa shape index (κ1) is 14.5. The van der Waals surface area contributed by atoms with Crippen LogP contribution in [-0.4, -0.2) is 7.05 Å². The second kappa shape index (κ2) is 6.51. The van der Waals surface area contributed by atoms with Crippen molar-refractivity contribution in [3.8, 4) is 0 Å². The summed E-state index contributed by atoms with van der Waals surface area (Å²) in [6, 6.07) is 12.4. The highest BCUT2D eigenvalue weighted by atomic mass is 79.9. The SMILES string of the molecule is CNC(Cc1ccc(F)cc1)c1cc(Cl)ccc1Br. The van der Waals surface area contributed by atoms with E-state index in [1.54, 1.807) is 12.1 Å². The molecule has 100 valence electrons. The van der Waals surface area contributed by atoms with E-state index in [1.165, 1.54) is 12.1 Å². The van der Waals surface area contributed by atoms with Crippen molar-refractivity contribution in [1.29, 1.82) is 0 Å². The van der Waals surface area contributed by atoms with E-state index in [0.29, 0.717) is 5.02 Å². The highest BCUT2D eigenvalue weighted by molar-refractivity contribution is 9.10. The zero-order valence-corrected chi connectivity index (χ0v) is 12.8. The fourth-order valence-electron chi connectivity index (χ4n) is 2.01. The normalized spacial score (nSPS) is 12.4. The first-order valence-corrected chi connectivity index (χ1v) is 7.14. The Morgan fingerprint density at radius 3 is 2.53 bits per heavy atom. The van der Waals surface area contributed by atoms with Gasteiger partial charge in [-0.2, -0.15) is 0 Å². The predicted octanol–water partition coefficient (Wildman–Crippen LogP) is 4.74. The van der Waals surface area contributed by atoms with Crippen molar-refractivity contribution in [3.05, 3.63) is 68.9 Å². The third-order valence-electron chi connectivity index (χ3n) is 3.04. The van der Waals surface area contributed by atoms with Crippen LogP contribution in [0.4, 0.5) is 4.39 Å². The van der Waals surface area contributed by atoms with Crippen LogP contribution in [-0.2, 0) is 6.42 Å². The number of rotatable bonds is 4. The summed E-state index contributed by atoms with van der Waals surface area (Å²) in [4.78, 5) is 0. The lowest BCUT2D eigenvalue weighted by Crippen LogP contribution is -2.19. The van der Waals surface area contributed by atoms with Crippen molar-refractivity contribution in [3.63, 3.8) is 0 Å². The Bertz CT molecular complexity index is 557. The maximum atomic E-state index is 12.9. The summed E-state index contributed by atoms with van der Waals surface area (Å²) in [7, 11) is 1.90. The number of benzene rings is 2. The molecule has 4 heteroatoms. The number of halogens is 3. The summed E-state index contributed by atoms with van der Waals surface area (Å²) in [5.41, 5.74) is 2.17. The molecule has 0 spiro atoms. The van der Waals surface area contributed by atoms with Crippen molar-refractivity contribution in [2.45, 2.75) is 12.5 Å². The van der Waals surface area contributed by atoms with Gasteiger partial charge in [0.1, 0.15) is 5.82 Å². The van der Waals surface area contributed by atoms with Crippen LogP contribution >= 0.6 is 27.5 Å². The number of hydrogen-bond donors (Lipinski definition) is 1. The Morgan fingerprint density at radius 2 is 1.89 bits per heavy atom. The molecule has 0 amide bonds. The van der Waals surface area contributed by atoms with Crippen molar-refractivity contribution >= 4 is 27.5 Å². The lowest BCUT2D eigenvalue weighted by molar-refractivity contribution is 0.587. The Labute approximate surface area is 125 Å². The van der Waals surface area contributed by atoms with Crippen molar-refractivity contribution < 1.29 is 4.39 Å². The van der Waals surface area contributed by atoms with Gasteiger partial charge in [-0.1, -0.05) is 39.7 Å². The fraction of sp³-hybridized carbons (Fsp3) is 0.200. The summed E-state index contributed by atoms with van der Waals surface area (Å²) < 4.78 is 13.9. The molecule has 0 aliphatic carbocycles. The van der Waals surface area contributed by atoms with E-state index >= 15 is 0 Å². The van der Waals surface area contributed by atoms with Gasteiger partial charge in [0, 0.05) is 15.5 Å². The molecule has 1 atom stereocenters. The quantitative estimate of drug-likeness (QED) is 0.846. The van der Waals surface area contributed by atoms with E-state index in [-0.39, 0.29) is 11.9 Å². The van der Waals surface area contributed by atoms with E-state index in [2.05, 4.69) is 21.2 Å². The second-order valence-electron chi connectivity index (χ2n) is 4.34. The molecule has 0 aliphatic rings. The van der Waals surface area contributed by atoms with Crippen LogP contribution in [0.5, 0.6) is 0 Å². The monoisotopic (exact) mass is 341 g/mol. The molecule has 1 unspecified atom stereocenters. The van der Waals surface area contributed by atoms with Crippen LogP contribution in [0, 0.1) is 5.82 Å². The third kappa shape index (κ3) is 3.78. The Kier molecular flexibility index (Phi) is 4.97. The molecule has 1 nitrogen and oxygen atoms in total. The van der Waals surface area contributed by atoms with Gasteiger partial charge in [0.05, 0.1) is 0 Å². The maximum absolute atomic E-state index is 12.9. The Morgan fingerprint density at radius 1 is 1.21 bits per heavy atom. The minimum absolute atomic E-state index is 0.124. The molecule has 0 aliphatic heterocycles. The lowest BCUT2D eigenvalue weighted by Gasteiger charge is -2.18. The molecule has 0 fully saturated rings. The zero-order valence-electron chi connectivity index (χ0n) is 10.5. The smallest absolute Gasteiger partial charge is 0.123 e. The second-order valence-corrected chi connectivity index (χ2v) is 5.63. The lowest BCUT2D eigenvalue weighted by atomic mass is 9.99. The van der Waals surface area contributed by atoms with Gasteiger partial charge in [-0.05, 0) is 54.9 Å². The highest BCUT2D eigenvalue weighted by Gasteiger charge is 2.14. The van der Waals surface area contributed by atoms with E-state index in [9.17, 15) is 4.39 Å². The van der Waals surface area contributed by atoms with Gasteiger partial charge in [-0.3, -0.25) is 0 Å². The van der Waals surface area contributed by atoms with E-state index in [0.717, 1.165) is 22.0 Å². The topological polar surface area (TPSA) is 12.0 Å². The van der Waals surface area contributed by atoms with Gasteiger partial charge in [0.15, 0.2) is 0 Å². The summed E-state index contributed by atoms with van der Waals surface area (Å²) >= 11 is 9.58. The molecule has 2 aromatic carbocycles. The van der Waals surface area contributed by atoms with Crippen LogP contribution in [0.25, 0.3) is 0 Å². The Hall–Kier alpha value is -0.900. The Balaban J connectivity index is 2.24. The largest absolute Gasteiger partial charge is 0.313 e. The molecular formula is C15H14BrClFN. The van der Waals surface area contributed by atoms with Crippen LogP contribution in [0.1, 0.15) is 17.2 Å². The van der Waals surface area contributed by atoms with Gasteiger partial charge in [0.2, 0.25) is 0 Å². The van der Waals surface area contributed by atoms with Crippen molar-refractivity contribution in [1.82, 2.24) is 5.32 Å². The molecule has 0 heterocycles. The third-order valence-corrected chi connectivity index (χ3v) is 3.99. The van der Waals surface area contributed by atoms with E-state index in [4.69, 9.17) is 11.6 Å². The molecule has 19 heavy (non-hydrogen) atoms. The van der Waals surface area contributed by atoms with Crippen molar-refractivity contribution in [2.24, 2.45) is 0 Å². The first-order valence-electron chi connectivity index (χ1n) is 5.97. The summed E-state index contributed by atoms with van der Waals surface area (Å²) in [5, 5.41) is 3.97. The molecule has 0 bridgehead atoms. The minimum atomic E-state index is -0.214. The van der Waals surface area contributed by atoms with E-state index in [1.807, 2.05) is 25.2 Å². The molecule has 0 aromatic heterocycles. The standard InChI is InChI=1S/C15H14BrClFN/c1-19-15(8-10-2-5-12(18)6-3-10)13-9-11(17)4-7-14(13)16/h2-7,9,15,19H,8H2,1H3. The number of nitrogens with one attached hydrogen (secondary N) is 1. The highest BCUT2D eigenvalue weighted by Crippen LogP contribution is 2.28. The molecule has 0 saturated heterocycles. The fourth-order valence-corrected chi connectivity index (χ4v) is 2.71. The molecular weight excluding hydrogens is 329 g/mol. The number of likely N-dealkylation sites (N-methyl/N-ethyl adjacent to an activating group) is 1. The number of hydrogen-bond acceptors (Lipinski definition) is 1. The van der Waals surface area contributed by atoms with Crippen molar-refractivity contribution in [2.75, 3.05) is 7.05 Å². The average molecular weight is 343 g/mol. The molecule has 0 radical (unpaired) electrons. The average Bonchev–Trinajstić information content (AvgIpc) is 2.41. The van der Waals surface area contributed by atoms with Crippen LogP contribution < -0.4 is 5.32 Å². The van der Waals surface area contributed by atoms with Gasteiger partial charge in [0.25, 0.3) is 0 Å². The molecule has 0 saturated carbocycles. The maximum Gasteiger partial charge on any atom is 0.123 e. The van der Waals surface area contributed by atoms with Gasteiger partial charge >= 0.3 is 0 Å². The van der Waals surface area contributed by atoms with Crippen LogP contribution in [0.2, 0.25) is 5.02 Å². The van der Waals surface area contributed by atoms with Gasteiger partial charge in [-0.25, -0.2) is 4.39 Å².